The van der Waals surface area contributed by atoms with Crippen LogP contribution in [0.4, 0.5) is 9.18 Å². The zero-order valence-electron chi connectivity index (χ0n) is 12.8. The first-order valence-electron chi connectivity index (χ1n) is 7.28. The molecule has 0 radical (unpaired) electrons. The number of carboxylic acid groups (broad SMARTS) is 1. The normalized spacial score (nSPS) is 15.9. The zero-order valence-corrected chi connectivity index (χ0v) is 13.6. The first kappa shape index (κ1) is 16.9. The molecule has 1 aliphatic rings. The van der Waals surface area contributed by atoms with Gasteiger partial charge in [-0.05, 0) is 41.6 Å². The molecule has 0 spiro atoms. The summed E-state index contributed by atoms with van der Waals surface area (Å²) in [5.41, 5.74) is 0.828. The molecule has 1 N–H and O–H groups in total. The van der Waals surface area contributed by atoms with E-state index in [9.17, 15) is 18.8 Å². The maximum absolute atomic E-state index is 13.7. The van der Waals surface area contributed by atoms with E-state index >= 15 is 0 Å². The van der Waals surface area contributed by atoms with Crippen LogP contribution < -0.4 is 0 Å². The fourth-order valence-corrected chi connectivity index (χ4v) is 3.18. The van der Waals surface area contributed by atoms with Crippen molar-refractivity contribution < 1.29 is 23.9 Å². The number of nitrogens with zero attached hydrogens (tertiary/aromatic N) is 1. The quantitative estimate of drug-likeness (QED) is 0.844. The number of thioether (sulfide) groups is 1. The van der Waals surface area contributed by atoms with Crippen molar-refractivity contribution in [2.45, 2.75) is 6.54 Å². The van der Waals surface area contributed by atoms with Gasteiger partial charge in [0.1, 0.15) is 5.82 Å². The molecule has 0 atom stereocenters. The van der Waals surface area contributed by atoms with Gasteiger partial charge in [-0.2, -0.15) is 0 Å². The number of imide groups is 1. The first-order chi connectivity index (χ1) is 12.0. The largest absolute Gasteiger partial charge is 0.478 e. The Morgan fingerprint density at radius 3 is 2.64 bits per heavy atom. The maximum atomic E-state index is 13.7. The summed E-state index contributed by atoms with van der Waals surface area (Å²) in [5.74, 6) is -2.10. The Balaban J connectivity index is 1.85. The van der Waals surface area contributed by atoms with Gasteiger partial charge in [0.25, 0.3) is 11.1 Å². The van der Waals surface area contributed by atoms with Gasteiger partial charge in [0, 0.05) is 5.56 Å². The minimum atomic E-state index is -1.08. The average molecular weight is 357 g/mol. The lowest BCUT2D eigenvalue weighted by atomic mass is 10.1. The van der Waals surface area contributed by atoms with Gasteiger partial charge in [-0.1, -0.05) is 30.3 Å². The van der Waals surface area contributed by atoms with Crippen LogP contribution in [0.3, 0.4) is 0 Å². The number of benzene rings is 2. The molecule has 0 unspecified atom stereocenters. The second kappa shape index (κ2) is 6.90. The molecule has 3 rings (SSSR count). The minimum absolute atomic E-state index is 0.0827. The minimum Gasteiger partial charge on any atom is -0.478 e. The van der Waals surface area contributed by atoms with E-state index in [1.165, 1.54) is 36.4 Å². The summed E-state index contributed by atoms with van der Waals surface area (Å²) in [6.45, 7) is -0.149. The van der Waals surface area contributed by atoms with E-state index in [2.05, 4.69) is 0 Å². The summed E-state index contributed by atoms with van der Waals surface area (Å²) in [4.78, 5) is 36.7. The molecule has 0 saturated carbocycles. The summed E-state index contributed by atoms with van der Waals surface area (Å²) in [7, 11) is 0. The molecule has 2 aromatic carbocycles. The molecule has 7 heteroatoms. The fraction of sp³-hybridized carbons (Fsp3) is 0.0556. The summed E-state index contributed by atoms with van der Waals surface area (Å²) >= 11 is 0.745. The lowest BCUT2D eigenvalue weighted by molar-refractivity contribution is -0.123. The Morgan fingerprint density at radius 1 is 1.16 bits per heavy atom. The highest BCUT2D eigenvalue weighted by Crippen LogP contribution is 2.33. The van der Waals surface area contributed by atoms with Gasteiger partial charge in [0.05, 0.1) is 17.0 Å². The van der Waals surface area contributed by atoms with Gasteiger partial charge in [0.2, 0.25) is 0 Å². The third-order valence-electron chi connectivity index (χ3n) is 3.59. The van der Waals surface area contributed by atoms with Gasteiger partial charge in [-0.15, -0.1) is 0 Å². The molecule has 25 heavy (non-hydrogen) atoms. The molecule has 1 fully saturated rings. The van der Waals surface area contributed by atoms with E-state index < -0.39 is 22.9 Å². The second-order valence-corrected chi connectivity index (χ2v) is 6.28. The van der Waals surface area contributed by atoms with Crippen LogP contribution in [0.25, 0.3) is 6.08 Å². The van der Waals surface area contributed by atoms with E-state index in [-0.39, 0.29) is 22.6 Å². The molecule has 2 amide bonds. The molecule has 2 aromatic rings. The average Bonchev–Trinajstić information content (AvgIpc) is 2.84. The highest BCUT2D eigenvalue weighted by Gasteiger charge is 2.35. The predicted molar refractivity (Wildman–Crippen MR) is 91.3 cm³/mol. The van der Waals surface area contributed by atoms with E-state index in [1.807, 2.05) is 0 Å². The number of hydrogen-bond donors (Lipinski definition) is 1. The van der Waals surface area contributed by atoms with Crippen molar-refractivity contribution in [1.82, 2.24) is 4.90 Å². The molecule has 0 aliphatic carbocycles. The Hall–Kier alpha value is -2.93. The SMILES string of the molecule is O=C(O)c1cccc(C=C2SC(=O)N(Cc3ccccc3F)C2=O)c1. The van der Waals surface area contributed by atoms with Crippen LogP contribution in [-0.4, -0.2) is 27.1 Å². The molecular weight excluding hydrogens is 345 g/mol. The van der Waals surface area contributed by atoms with Crippen LogP contribution in [0.2, 0.25) is 0 Å². The van der Waals surface area contributed by atoms with Crippen LogP contribution >= 0.6 is 11.8 Å². The van der Waals surface area contributed by atoms with Crippen LogP contribution in [0.15, 0.2) is 53.4 Å². The topological polar surface area (TPSA) is 74.7 Å². The summed E-state index contributed by atoms with van der Waals surface area (Å²) in [6.07, 6.45) is 1.46. The number of carboxylic acids is 1. The van der Waals surface area contributed by atoms with Gasteiger partial charge >= 0.3 is 5.97 Å². The van der Waals surface area contributed by atoms with E-state index in [0.717, 1.165) is 16.7 Å². The number of carbonyl (C=O) groups is 3. The molecule has 1 saturated heterocycles. The van der Waals surface area contributed by atoms with Crippen molar-refractivity contribution in [3.05, 3.63) is 75.9 Å². The van der Waals surface area contributed by atoms with Crippen LogP contribution in [-0.2, 0) is 11.3 Å². The molecule has 0 bridgehead atoms. The number of carbonyl (C=O) groups excluding carboxylic acids is 2. The summed E-state index contributed by atoms with van der Waals surface area (Å²) < 4.78 is 13.7. The highest BCUT2D eigenvalue weighted by molar-refractivity contribution is 8.18. The monoisotopic (exact) mass is 357 g/mol. The van der Waals surface area contributed by atoms with Crippen molar-refractivity contribution in [2.24, 2.45) is 0 Å². The Morgan fingerprint density at radius 2 is 1.92 bits per heavy atom. The highest BCUT2D eigenvalue weighted by atomic mass is 32.2. The maximum Gasteiger partial charge on any atom is 0.335 e. The molecule has 126 valence electrons. The number of amides is 2. The lowest BCUT2D eigenvalue weighted by Crippen LogP contribution is -2.27. The molecule has 5 nitrogen and oxygen atoms in total. The number of halogens is 1. The van der Waals surface area contributed by atoms with Crippen molar-refractivity contribution in [2.75, 3.05) is 0 Å². The first-order valence-corrected chi connectivity index (χ1v) is 8.09. The van der Waals surface area contributed by atoms with Gasteiger partial charge < -0.3 is 5.11 Å². The third kappa shape index (κ3) is 3.61. The second-order valence-electron chi connectivity index (χ2n) is 5.29. The van der Waals surface area contributed by atoms with Gasteiger partial charge in [0.15, 0.2) is 0 Å². The van der Waals surface area contributed by atoms with Crippen LogP contribution in [0.1, 0.15) is 21.5 Å². The van der Waals surface area contributed by atoms with Gasteiger partial charge in [-0.3, -0.25) is 14.5 Å². The molecule has 1 aliphatic heterocycles. The molecule has 1 heterocycles. The van der Waals surface area contributed by atoms with Crippen LogP contribution in [0.5, 0.6) is 0 Å². The molecule has 0 aromatic heterocycles. The predicted octanol–water partition coefficient (Wildman–Crippen LogP) is 3.76. The Kier molecular flexibility index (Phi) is 4.67. The number of hydrogen-bond acceptors (Lipinski definition) is 4. The van der Waals surface area contributed by atoms with Crippen molar-refractivity contribution >= 4 is 35.0 Å². The molecular formula is C18H12FNO4S. The van der Waals surface area contributed by atoms with Gasteiger partial charge in [-0.25, -0.2) is 9.18 Å². The van der Waals surface area contributed by atoms with Crippen molar-refractivity contribution in [1.29, 1.82) is 0 Å². The van der Waals surface area contributed by atoms with Crippen LogP contribution in [0, 0.1) is 5.82 Å². The third-order valence-corrected chi connectivity index (χ3v) is 4.50. The Bertz CT molecular complexity index is 909. The van der Waals surface area contributed by atoms with Crippen molar-refractivity contribution in [3.63, 3.8) is 0 Å². The van der Waals surface area contributed by atoms with E-state index in [0.29, 0.717) is 5.56 Å². The van der Waals surface area contributed by atoms with Crippen molar-refractivity contribution in [3.8, 4) is 0 Å². The standard InChI is InChI=1S/C18H12FNO4S/c19-14-7-2-1-5-13(14)10-20-16(21)15(25-18(20)24)9-11-4-3-6-12(8-11)17(22)23/h1-9H,10H2,(H,22,23). The zero-order chi connectivity index (χ0) is 18.0. The number of aromatic carboxylic acids is 1. The Labute approximate surface area is 146 Å². The lowest BCUT2D eigenvalue weighted by Gasteiger charge is -2.12. The fourth-order valence-electron chi connectivity index (χ4n) is 2.35. The smallest absolute Gasteiger partial charge is 0.335 e. The summed E-state index contributed by atoms with van der Waals surface area (Å²) in [6, 6.07) is 12.0. The number of rotatable bonds is 4. The van der Waals surface area contributed by atoms with E-state index in [1.54, 1.807) is 18.2 Å². The van der Waals surface area contributed by atoms with E-state index in [4.69, 9.17) is 5.11 Å². The summed E-state index contributed by atoms with van der Waals surface area (Å²) in [5, 5.41) is 8.51.